The summed E-state index contributed by atoms with van der Waals surface area (Å²) in [6.45, 7) is 1.31. The van der Waals surface area contributed by atoms with Gasteiger partial charge >= 0.3 is 5.97 Å². The molecule has 0 bridgehead atoms. The summed E-state index contributed by atoms with van der Waals surface area (Å²) < 4.78 is 10.3. The zero-order valence-electron chi connectivity index (χ0n) is 16.5. The van der Waals surface area contributed by atoms with E-state index in [2.05, 4.69) is 10.6 Å². The molecule has 1 aromatic heterocycles. The van der Waals surface area contributed by atoms with Crippen molar-refractivity contribution in [2.24, 2.45) is 0 Å². The Morgan fingerprint density at radius 3 is 2.40 bits per heavy atom. The fraction of sp³-hybridized carbons (Fsp3) is 0.174. The predicted octanol–water partition coefficient (Wildman–Crippen LogP) is 3.50. The summed E-state index contributed by atoms with van der Waals surface area (Å²) in [5, 5.41) is 5.41. The molecule has 0 spiro atoms. The molecule has 2 N–H and O–H groups in total. The van der Waals surface area contributed by atoms with Gasteiger partial charge in [-0.05, 0) is 36.8 Å². The van der Waals surface area contributed by atoms with Crippen molar-refractivity contribution in [3.63, 3.8) is 0 Å². The van der Waals surface area contributed by atoms with Crippen LogP contribution in [0.15, 0.2) is 77.4 Å². The number of hydrogen-bond acceptors (Lipinski definition) is 5. The second-order valence-corrected chi connectivity index (χ2v) is 6.64. The van der Waals surface area contributed by atoms with Gasteiger partial charge in [-0.2, -0.15) is 0 Å². The number of carbonyl (C=O) groups is 3. The fourth-order valence-electron chi connectivity index (χ4n) is 2.85. The van der Waals surface area contributed by atoms with Crippen molar-refractivity contribution in [2.45, 2.75) is 19.4 Å². The molecule has 7 heteroatoms. The minimum atomic E-state index is -0.702. The highest BCUT2D eigenvalue weighted by Gasteiger charge is 2.17. The summed E-state index contributed by atoms with van der Waals surface area (Å²) in [5.41, 5.74) is 1.36. The fourth-order valence-corrected chi connectivity index (χ4v) is 2.85. The van der Waals surface area contributed by atoms with Gasteiger partial charge < -0.3 is 19.8 Å². The number of hydrogen-bond donors (Lipinski definition) is 2. The topological polar surface area (TPSA) is 97.6 Å². The van der Waals surface area contributed by atoms with Gasteiger partial charge in [0.1, 0.15) is 5.76 Å². The number of para-hydroxylation sites is 1. The van der Waals surface area contributed by atoms with Crippen LogP contribution in [0.5, 0.6) is 0 Å². The first kappa shape index (κ1) is 20.9. The Hall–Kier alpha value is -3.87. The number of benzene rings is 2. The van der Waals surface area contributed by atoms with Gasteiger partial charge in [0.05, 0.1) is 30.0 Å². The molecule has 154 valence electrons. The number of esters is 1. The first-order chi connectivity index (χ1) is 14.5. The smallest absolute Gasteiger partial charge is 0.340 e. The van der Waals surface area contributed by atoms with Crippen LogP contribution in [-0.4, -0.2) is 24.4 Å². The van der Waals surface area contributed by atoms with E-state index in [0.29, 0.717) is 11.4 Å². The first-order valence-electron chi connectivity index (χ1n) is 9.45. The number of amides is 2. The first-order valence-corrected chi connectivity index (χ1v) is 9.45. The molecule has 0 unspecified atom stereocenters. The third-order valence-corrected chi connectivity index (χ3v) is 4.31. The van der Waals surface area contributed by atoms with E-state index in [1.54, 1.807) is 37.3 Å². The molecule has 3 rings (SSSR count). The molecule has 0 aliphatic carbocycles. The van der Waals surface area contributed by atoms with Crippen LogP contribution in [0, 0.1) is 0 Å². The SMILES string of the molecule is C[C@@H](NC(=O)COC(=O)c1ccccc1NC(=O)Cc1ccccc1)c1ccco1. The highest BCUT2D eigenvalue weighted by Crippen LogP contribution is 2.17. The van der Waals surface area contributed by atoms with E-state index in [0.717, 1.165) is 5.56 Å². The van der Waals surface area contributed by atoms with Gasteiger partial charge in [-0.15, -0.1) is 0 Å². The normalized spacial score (nSPS) is 11.4. The number of anilines is 1. The Morgan fingerprint density at radius 2 is 1.67 bits per heavy atom. The quantitative estimate of drug-likeness (QED) is 0.558. The van der Waals surface area contributed by atoms with Gasteiger partial charge in [0.15, 0.2) is 6.61 Å². The summed E-state index contributed by atoms with van der Waals surface area (Å²) in [6, 6.07) is 18.9. The molecule has 2 amide bonds. The average Bonchev–Trinajstić information content (AvgIpc) is 3.28. The molecule has 1 atom stereocenters. The zero-order valence-corrected chi connectivity index (χ0v) is 16.5. The highest BCUT2D eigenvalue weighted by atomic mass is 16.5. The van der Waals surface area contributed by atoms with E-state index in [-0.39, 0.29) is 23.9 Å². The van der Waals surface area contributed by atoms with Crippen molar-refractivity contribution < 1.29 is 23.5 Å². The van der Waals surface area contributed by atoms with E-state index in [9.17, 15) is 14.4 Å². The van der Waals surface area contributed by atoms with Crippen LogP contribution in [-0.2, 0) is 20.7 Å². The van der Waals surface area contributed by atoms with Crippen LogP contribution in [0.3, 0.4) is 0 Å². The van der Waals surface area contributed by atoms with Crippen LogP contribution in [0.25, 0.3) is 0 Å². The number of carbonyl (C=O) groups excluding carboxylic acids is 3. The van der Waals surface area contributed by atoms with Crippen LogP contribution in [0.1, 0.15) is 34.6 Å². The van der Waals surface area contributed by atoms with Gasteiger partial charge in [-0.25, -0.2) is 4.79 Å². The van der Waals surface area contributed by atoms with Gasteiger partial charge in [0.2, 0.25) is 5.91 Å². The second-order valence-electron chi connectivity index (χ2n) is 6.64. The van der Waals surface area contributed by atoms with Gasteiger partial charge in [-0.3, -0.25) is 9.59 Å². The summed E-state index contributed by atoms with van der Waals surface area (Å²) >= 11 is 0. The Morgan fingerprint density at radius 1 is 0.933 bits per heavy atom. The van der Waals surface area contributed by atoms with E-state index < -0.39 is 18.5 Å². The maximum Gasteiger partial charge on any atom is 0.340 e. The van der Waals surface area contributed by atoms with Gasteiger partial charge in [0, 0.05) is 0 Å². The molecule has 0 aliphatic heterocycles. The number of nitrogens with one attached hydrogen (secondary N) is 2. The zero-order chi connectivity index (χ0) is 21.3. The maximum absolute atomic E-state index is 12.5. The number of ether oxygens (including phenoxy) is 1. The third kappa shape index (κ3) is 5.81. The van der Waals surface area contributed by atoms with Crippen molar-refractivity contribution in [1.29, 1.82) is 0 Å². The van der Waals surface area contributed by atoms with E-state index in [1.807, 2.05) is 30.3 Å². The van der Waals surface area contributed by atoms with Crippen molar-refractivity contribution in [2.75, 3.05) is 11.9 Å². The van der Waals surface area contributed by atoms with Crippen molar-refractivity contribution in [1.82, 2.24) is 5.32 Å². The average molecular weight is 406 g/mol. The molecule has 7 nitrogen and oxygen atoms in total. The van der Waals surface area contributed by atoms with Crippen LogP contribution in [0.2, 0.25) is 0 Å². The minimum absolute atomic E-state index is 0.172. The lowest BCUT2D eigenvalue weighted by Crippen LogP contribution is -2.31. The van der Waals surface area contributed by atoms with E-state index in [1.165, 1.54) is 12.3 Å². The Bertz CT molecular complexity index is 999. The van der Waals surface area contributed by atoms with E-state index in [4.69, 9.17) is 9.15 Å². The molecule has 0 aliphatic rings. The molecule has 0 fully saturated rings. The van der Waals surface area contributed by atoms with Crippen molar-refractivity contribution in [3.05, 3.63) is 89.9 Å². The molecule has 0 saturated heterocycles. The lowest BCUT2D eigenvalue weighted by atomic mass is 10.1. The van der Waals surface area contributed by atoms with Gasteiger partial charge in [0.25, 0.3) is 5.91 Å². The van der Waals surface area contributed by atoms with E-state index >= 15 is 0 Å². The number of rotatable bonds is 8. The Kier molecular flexibility index (Phi) is 7.00. The van der Waals surface area contributed by atoms with Gasteiger partial charge in [-0.1, -0.05) is 42.5 Å². The monoisotopic (exact) mass is 406 g/mol. The molecule has 1 heterocycles. The maximum atomic E-state index is 12.5. The molecular formula is C23H22N2O5. The summed E-state index contributed by atoms with van der Waals surface area (Å²) in [5.74, 6) is -0.822. The highest BCUT2D eigenvalue weighted by molar-refractivity contribution is 6.02. The Labute approximate surface area is 174 Å². The number of furan rings is 1. The van der Waals surface area contributed by atoms with Crippen molar-refractivity contribution >= 4 is 23.5 Å². The largest absolute Gasteiger partial charge is 0.467 e. The van der Waals surface area contributed by atoms with Crippen LogP contribution in [0.4, 0.5) is 5.69 Å². The van der Waals surface area contributed by atoms with Crippen LogP contribution >= 0.6 is 0 Å². The predicted molar refractivity (Wildman–Crippen MR) is 111 cm³/mol. The molecule has 0 saturated carbocycles. The summed E-state index contributed by atoms with van der Waals surface area (Å²) in [4.78, 5) is 36.8. The molecular weight excluding hydrogens is 384 g/mol. The molecule has 0 radical (unpaired) electrons. The molecule has 2 aromatic carbocycles. The summed E-state index contributed by atoms with van der Waals surface area (Å²) in [6.07, 6.45) is 1.69. The Balaban J connectivity index is 1.55. The lowest BCUT2D eigenvalue weighted by molar-refractivity contribution is -0.125. The molecule has 3 aromatic rings. The summed E-state index contributed by atoms with van der Waals surface area (Å²) in [7, 11) is 0. The second kappa shape index (κ2) is 10.1. The van der Waals surface area contributed by atoms with Crippen LogP contribution < -0.4 is 10.6 Å². The third-order valence-electron chi connectivity index (χ3n) is 4.31. The van der Waals surface area contributed by atoms with Crippen molar-refractivity contribution in [3.8, 4) is 0 Å². The lowest BCUT2D eigenvalue weighted by Gasteiger charge is -2.13. The molecule has 30 heavy (non-hydrogen) atoms. The minimum Gasteiger partial charge on any atom is -0.467 e. The standard InChI is InChI=1S/C23H22N2O5/c1-16(20-12-7-13-29-20)24-22(27)15-30-23(28)18-10-5-6-11-19(18)25-21(26)14-17-8-3-2-4-9-17/h2-13,16H,14-15H2,1H3,(H,24,27)(H,25,26)/t16-/m1/s1.